The quantitative estimate of drug-likeness (QED) is 0.783. The van der Waals surface area contributed by atoms with E-state index >= 15 is 0 Å². The number of hydrogen-bond donors (Lipinski definition) is 1. The van der Waals surface area contributed by atoms with E-state index in [-0.39, 0.29) is 17.0 Å². The minimum Gasteiger partial charge on any atom is -0.273 e. The minimum atomic E-state index is -0.546. The molecule has 3 heterocycles. The number of hydrogen-bond acceptors (Lipinski definition) is 4. The van der Waals surface area contributed by atoms with Crippen molar-refractivity contribution in [3.63, 3.8) is 0 Å². The highest BCUT2D eigenvalue weighted by Gasteiger charge is 2.18. The molecule has 0 radical (unpaired) electrons. The van der Waals surface area contributed by atoms with Crippen LogP contribution in [0.3, 0.4) is 0 Å². The van der Waals surface area contributed by atoms with Crippen LogP contribution in [-0.4, -0.2) is 19.5 Å². The van der Waals surface area contributed by atoms with Crippen LogP contribution in [0.2, 0.25) is 5.02 Å². The van der Waals surface area contributed by atoms with E-state index in [1.165, 1.54) is 16.8 Å². The first-order chi connectivity index (χ1) is 10.9. The third-order valence-corrected chi connectivity index (χ3v) is 3.84. The molecule has 0 bridgehead atoms. The van der Waals surface area contributed by atoms with Crippen LogP contribution in [0.5, 0.6) is 0 Å². The molecule has 23 heavy (non-hydrogen) atoms. The maximum Gasteiger partial charge on any atom is 0.334 e. The Morgan fingerprint density at radius 2 is 2.00 bits per heavy atom. The summed E-state index contributed by atoms with van der Waals surface area (Å²) in [6.07, 6.45) is 3.12. The molecule has 1 N–H and O–H groups in total. The van der Waals surface area contributed by atoms with Crippen molar-refractivity contribution in [2.75, 3.05) is 0 Å². The van der Waals surface area contributed by atoms with Crippen molar-refractivity contribution in [2.45, 2.75) is 26.7 Å². The molecule has 0 saturated heterocycles. The van der Waals surface area contributed by atoms with E-state index < -0.39 is 11.2 Å². The fraction of sp³-hybridized carbons (Fsp3) is 0.250. The molecule has 0 amide bonds. The summed E-state index contributed by atoms with van der Waals surface area (Å²) in [4.78, 5) is 35.5. The van der Waals surface area contributed by atoms with E-state index in [1.54, 1.807) is 6.20 Å². The Hall–Kier alpha value is -2.47. The molecule has 0 aliphatic heterocycles. The molecule has 0 aromatic carbocycles. The summed E-state index contributed by atoms with van der Waals surface area (Å²) >= 11 is 5.93. The van der Waals surface area contributed by atoms with Gasteiger partial charge in [-0.15, -0.1) is 0 Å². The van der Waals surface area contributed by atoms with Gasteiger partial charge >= 0.3 is 5.69 Å². The van der Waals surface area contributed by atoms with Gasteiger partial charge in [-0.25, -0.2) is 14.3 Å². The molecule has 7 heteroatoms. The van der Waals surface area contributed by atoms with Gasteiger partial charge in [0.25, 0.3) is 5.56 Å². The first-order valence-corrected chi connectivity index (χ1v) is 7.54. The first-order valence-electron chi connectivity index (χ1n) is 7.16. The van der Waals surface area contributed by atoms with Gasteiger partial charge in [-0.05, 0) is 30.5 Å². The van der Waals surface area contributed by atoms with Crippen molar-refractivity contribution < 1.29 is 0 Å². The van der Waals surface area contributed by atoms with Gasteiger partial charge in [0.1, 0.15) is 0 Å². The van der Waals surface area contributed by atoms with Gasteiger partial charge in [0.2, 0.25) is 0 Å². The van der Waals surface area contributed by atoms with Gasteiger partial charge in [0, 0.05) is 12.4 Å². The van der Waals surface area contributed by atoms with Crippen molar-refractivity contribution in [3.8, 4) is 5.69 Å². The molecule has 0 fully saturated rings. The second kappa shape index (κ2) is 5.62. The molecule has 118 valence electrons. The van der Waals surface area contributed by atoms with Crippen molar-refractivity contribution in [3.05, 3.63) is 61.6 Å². The third-order valence-electron chi connectivity index (χ3n) is 3.64. The molecule has 0 aliphatic rings. The number of pyridine rings is 2. The number of aromatic amines is 1. The molecule has 0 saturated carbocycles. The van der Waals surface area contributed by atoms with Crippen LogP contribution >= 0.6 is 11.6 Å². The van der Waals surface area contributed by atoms with Gasteiger partial charge in [-0.3, -0.25) is 14.8 Å². The zero-order valence-electron chi connectivity index (χ0n) is 12.9. The van der Waals surface area contributed by atoms with Crippen LogP contribution in [0.1, 0.15) is 31.0 Å². The lowest BCUT2D eigenvalue weighted by molar-refractivity contribution is 0.789. The van der Waals surface area contributed by atoms with E-state index in [4.69, 9.17) is 11.6 Å². The van der Waals surface area contributed by atoms with Crippen LogP contribution in [0.25, 0.3) is 16.7 Å². The lowest BCUT2D eigenvalue weighted by Crippen LogP contribution is -2.31. The summed E-state index contributed by atoms with van der Waals surface area (Å²) in [6.45, 7) is 5.88. The van der Waals surface area contributed by atoms with E-state index in [0.717, 1.165) is 11.3 Å². The lowest BCUT2D eigenvalue weighted by Gasteiger charge is -2.17. The maximum atomic E-state index is 12.5. The molecule has 0 atom stereocenters. The van der Waals surface area contributed by atoms with E-state index in [2.05, 4.69) is 15.0 Å². The van der Waals surface area contributed by atoms with Gasteiger partial charge in [0.05, 0.1) is 21.8 Å². The fourth-order valence-electron chi connectivity index (χ4n) is 2.59. The standard InChI is InChI=1S/C16H15ClN4O2/c1-8(2)12-13(9(3)4-5-18-12)21-14-11(6-10(17)7-19-14)15(22)20-16(21)23/h4-8H,1-3H3,(H,20,22,23). The summed E-state index contributed by atoms with van der Waals surface area (Å²) in [5, 5.41) is 0.593. The average molecular weight is 331 g/mol. The predicted octanol–water partition coefficient (Wildman–Crippen LogP) is 2.55. The highest BCUT2D eigenvalue weighted by atomic mass is 35.5. The van der Waals surface area contributed by atoms with Crippen molar-refractivity contribution >= 4 is 22.6 Å². The number of H-pyrrole nitrogens is 1. The van der Waals surface area contributed by atoms with Crippen LogP contribution < -0.4 is 11.2 Å². The molecule has 0 spiro atoms. The smallest absolute Gasteiger partial charge is 0.273 e. The molecular weight excluding hydrogens is 316 g/mol. The van der Waals surface area contributed by atoms with Gasteiger partial charge in [0.15, 0.2) is 5.65 Å². The summed E-state index contributed by atoms with van der Waals surface area (Å²) in [7, 11) is 0. The number of nitrogens with one attached hydrogen (secondary N) is 1. The fourth-order valence-corrected chi connectivity index (χ4v) is 2.74. The third kappa shape index (κ3) is 2.55. The molecule has 0 aliphatic carbocycles. The largest absolute Gasteiger partial charge is 0.334 e. The lowest BCUT2D eigenvalue weighted by atomic mass is 10.0. The minimum absolute atomic E-state index is 0.103. The summed E-state index contributed by atoms with van der Waals surface area (Å²) in [6, 6.07) is 3.32. The SMILES string of the molecule is Cc1ccnc(C(C)C)c1-n1c(=O)[nH]c(=O)c2cc(Cl)cnc21. The van der Waals surface area contributed by atoms with Gasteiger partial charge < -0.3 is 0 Å². The van der Waals surface area contributed by atoms with E-state index in [1.807, 2.05) is 26.8 Å². The summed E-state index contributed by atoms with van der Waals surface area (Å²) in [5.74, 6) is 0.103. The topological polar surface area (TPSA) is 80.6 Å². The molecule has 6 nitrogen and oxygen atoms in total. The van der Waals surface area contributed by atoms with E-state index in [9.17, 15) is 9.59 Å². The molecular formula is C16H15ClN4O2. The summed E-state index contributed by atoms with van der Waals surface area (Å²) < 4.78 is 1.39. The number of rotatable bonds is 2. The Balaban J connectivity index is 2.52. The number of aromatic nitrogens is 4. The molecule has 3 rings (SSSR count). The van der Waals surface area contributed by atoms with Crippen molar-refractivity contribution in [1.82, 2.24) is 19.5 Å². The van der Waals surface area contributed by atoms with Crippen molar-refractivity contribution in [1.29, 1.82) is 0 Å². The normalized spacial score (nSPS) is 11.3. The molecule has 3 aromatic heterocycles. The highest BCUT2D eigenvalue weighted by molar-refractivity contribution is 6.31. The Morgan fingerprint density at radius 3 is 2.70 bits per heavy atom. The maximum absolute atomic E-state index is 12.5. The number of halogens is 1. The van der Waals surface area contributed by atoms with Gasteiger partial charge in [-0.2, -0.15) is 0 Å². The first kappa shape index (κ1) is 15.4. The number of fused-ring (bicyclic) bond motifs is 1. The van der Waals surface area contributed by atoms with Crippen molar-refractivity contribution in [2.24, 2.45) is 0 Å². The Morgan fingerprint density at radius 1 is 1.26 bits per heavy atom. The Kier molecular flexibility index (Phi) is 3.77. The monoisotopic (exact) mass is 330 g/mol. The number of aryl methyl sites for hydroxylation is 1. The Labute approximate surface area is 136 Å². The molecule has 3 aromatic rings. The average Bonchev–Trinajstić information content (AvgIpc) is 2.49. The van der Waals surface area contributed by atoms with E-state index in [0.29, 0.717) is 10.7 Å². The van der Waals surface area contributed by atoms with Gasteiger partial charge in [-0.1, -0.05) is 25.4 Å². The van der Waals surface area contributed by atoms with Crippen LogP contribution in [0, 0.1) is 6.92 Å². The number of nitrogens with zero attached hydrogens (tertiary/aromatic N) is 3. The highest BCUT2D eigenvalue weighted by Crippen LogP contribution is 2.25. The Bertz CT molecular complexity index is 1020. The molecule has 0 unspecified atom stereocenters. The van der Waals surface area contributed by atoms with Crippen LogP contribution in [-0.2, 0) is 0 Å². The zero-order valence-corrected chi connectivity index (χ0v) is 13.7. The summed E-state index contributed by atoms with van der Waals surface area (Å²) in [5.41, 5.74) is 1.48. The zero-order chi connectivity index (χ0) is 16.7. The van der Waals surface area contributed by atoms with Crippen LogP contribution in [0.4, 0.5) is 0 Å². The second-order valence-electron chi connectivity index (χ2n) is 5.64. The van der Waals surface area contributed by atoms with Crippen LogP contribution in [0.15, 0.2) is 34.1 Å². The second-order valence-corrected chi connectivity index (χ2v) is 6.07. The predicted molar refractivity (Wildman–Crippen MR) is 89.6 cm³/mol.